The van der Waals surface area contributed by atoms with Crippen molar-refractivity contribution in [3.05, 3.63) is 59.4 Å². The fourth-order valence-corrected chi connectivity index (χ4v) is 4.84. The van der Waals surface area contributed by atoms with Gasteiger partial charge in [-0.25, -0.2) is 14.0 Å². The number of halogens is 1. The highest BCUT2D eigenvalue weighted by atomic mass is 19.1. The quantitative estimate of drug-likeness (QED) is 0.372. The van der Waals surface area contributed by atoms with E-state index in [-0.39, 0.29) is 36.8 Å². The van der Waals surface area contributed by atoms with Crippen molar-refractivity contribution in [3.8, 4) is 0 Å². The number of anilines is 2. The molecule has 0 bridgehead atoms. The Morgan fingerprint density at radius 2 is 1.82 bits per heavy atom. The topological polar surface area (TPSA) is 137 Å². The molecule has 4 N–H and O–H groups in total. The lowest BCUT2D eigenvalue weighted by atomic mass is 9.85. The van der Waals surface area contributed by atoms with Crippen LogP contribution in [-0.2, 0) is 27.2 Å². The number of ether oxygens (including phenoxy) is 2. The van der Waals surface area contributed by atoms with E-state index in [0.29, 0.717) is 38.0 Å². The summed E-state index contributed by atoms with van der Waals surface area (Å²) in [5.41, 5.74) is 2.64. The van der Waals surface area contributed by atoms with Crippen molar-refractivity contribution in [2.24, 2.45) is 5.92 Å². The Bertz CT molecular complexity index is 1170. The maximum absolute atomic E-state index is 13.8. The average molecular weight is 544 g/mol. The number of urea groups is 1. The number of fused-ring (bicyclic) bond motifs is 1. The minimum absolute atomic E-state index is 0.0908. The second kappa shape index (κ2) is 13.4. The van der Waals surface area contributed by atoms with Crippen molar-refractivity contribution < 1.29 is 38.5 Å². The molecule has 3 amide bonds. The van der Waals surface area contributed by atoms with Crippen LogP contribution in [0.1, 0.15) is 43.2 Å². The van der Waals surface area contributed by atoms with Gasteiger partial charge >= 0.3 is 18.1 Å². The van der Waals surface area contributed by atoms with Crippen molar-refractivity contribution >= 4 is 29.5 Å². The molecule has 0 radical (unpaired) electrons. The highest BCUT2D eigenvalue weighted by molar-refractivity contribution is 5.99. The number of aliphatic hydroxyl groups excluding tert-OH is 2. The first-order valence-electron chi connectivity index (χ1n) is 13.1. The van der Waals surface area contributed by atoms with Crippen LogP contribution in [-0.4, -0.2) is 65.2 Å². The van der Waals surface area contributed by atoms with Crippen LogP contribution in [0.15, 0.2) is 42.5 Å². The highest BCUT2D eigenvalue weighted by Crippen LogP contribution is 2.30. The number of aliphatic hydroxyl groups is 2. The summed E-state index contributed by atoms with van der Waals surface area (Å²) >= 11 is 0. The van der Waals surface area contributed by atoms with Gasteiger partial charge in [0.25, 0.3) is 0 Å². The second-order valence-electron chi connectivity index (χ2n) is 9.96. The van der Waals surface area contributed by atoms with Gasteiger partial charge in [-0.2, -0.15) is 0 Å². The van der Waals surface area contributed by atoms with E-state index in [1.165, 1.54) is 12.1 Å². The number of benzene rings is 2. The first-order valence-corrected chi connectivity index (χ1v) is 13.1. The number of hydrogen-bond donors (Lipinski definition) is 4. The van der Waals surface area contributed by atoms with Crippen LogP contribution in [0.3, 0.4) is 0 Å². The zero-order chi connectivity index (χ0) is 27.8. The number of para-hydroxylation sites is 1. The predicted octanol–water partition coefficient (Wildman–Crippen LogP) is 3.81. The van der Waals surface area contributed by atoms with Crippen LogP contribution in [0.4, 0.5) is 25.4 Å². The van der Waals surface area contributed by atoms with Gasteiger partial charge in [-0.3, -0.25) is 4.79 Å². The number of amides is 3. The first-order chi connectivity index (χ1) is 18.8. The molecule has 2 aliphatic rings. The molecule has 0 saturated heterocycles. The Morgan fingerprint density at radius 3 is 2.56 bits per heavy atom. The Morgan fingerprint density at radius 1 is 1.05 bits per heavy atom. The molecule has 210 valence electrons. The van der Waals surface area contributed by atoms with Gasteiger partial charge in [0.15, 0.2) is 0 Å². The Labute approximate surface area is 226 Å². The normalized spacial score (nSPS) is 19.4. The Balaban J connectivity index is 1.20. The summed E-state index contributed by atoms with van der Waals surface area (Å²) in [6.45, 7) is 0.208. The largest absolute Gasteiger partial charge is 0.463 e. The Hall–Kier alpha value is -3.70. The van der Waals surface area contributed by atoms with E-state index in [4.69, 9.17) is 14.6 Å². The third-order valence-corrected chi connectivity index (χ3v) is 7.02. The van der Waals surface area contributed by atoms with Crippen molar-refractivity contribution in [2.75, 3.05) is 30.4 Å². The predicted molar refractivity (Wildman–Crippen MR) is 140 cm³/mol. The summed E-state index contributed by atoms with van der Waals surface area (Å²) < 4.78 is 24.5. The molecule has 1 fully saturated rings. The van der Waals surface area contributed by atoms with Gasteiger partial charge in [0.1, 0.15) is 24.6 Å². The van der Waals surface area contributed by atoms with E-state index in [0.717, 1.165) is 24.0 Å². The smallest absolute Gasteiger partial charge is 0.410 e. The van der Waals surface area contributed by atoms with E-state index in [9.17, 15) is 23.9 Å². The van der Waals surface area contributed by atoms with Gasteiger partial charge < -0.3 is 35.2 Å². The molecule has 2 aromatic rings. The molecule has 39 heavy (non-hydrogen) atoms. The zero-order valence-electron chi connectivity index (χ0n) is 21.6. The van der Waals surface area contributed by atoms with Gasteiger partial charge in [0, 0.05) is 25.2 Å². The lowest BCUT2D eigenvalue weighted by Gasteiger charge is -2.32. The molecule has 0 aromatic heterocycles. The van der Waals surface area contributed by atoms with Crippen LogP contribution in [0, 0.1) is 11.7 Å². The van der Waals surface area contributed by atoms with E-state index in [1.54, 1.807) is 23.1 Å². The summed E-state index contributed by atoms with van der Waals surface area (Å²) in [6, 6.07) is 10.8. The van der Waals surface area contributed by atoms with Crippen LogP contribution < -0.4 is 10.6 Å². The first kappa shape index (κ1) is 28.3. The van der Waals surface area contributed by atoms with Crippen LogP contribution >= 0.6 is 0 Å². The lowest BCUT2D eigenvalue weighted by molar-refractivity contribution is -0.148. The fraction of sp³-hybridized carbons (Fsp3) is 0.464. The third-order valence-electron chi connectivity index (χ3n) is 7.02. The van der Waals surface area contributed by atoms with Crippen molar-refractivity contribution in [3.63, 3.8) is 0 Å². The van der Waals surface area contributed by atoms with Gasteiger partial charge in [-0.1, -0.05) is 18.2 Å². The monoisotopic (exact) mass is 543 g/mol. The standard InChI is InChI=1S/C28H34FN3O7/c29-24-3-1-2-4-25(24)31-27(36)30-21-8-7-20-15-32(12-11-19(20)14-21)28(37)39-23-9-5-18(6-10-23)13-26(35)38-17-22(34)16-33/h1-4,7-8,14,18,22-23,33-34H,5-6,9-13,15-17H2,(H2,30,31,36)/t18?,22-,23?/m1/s1. The summed E-state index contributed by atoms with van der Waals surface area (Å²) in [5, 5.41) is 23.3. The number of rotatable bonds is 8. The third kappa shape index (κ3) is 8.14. The van der Waals surface area contributed by atoms with Crippen LogP contribution in [0.25, 0.3) is 0 Å². The van der Waals surface area contributed by atoms with Gasteiger partial charge in [-0.05, 0) is 73.4 Å². The van der Waals surface area contributed by atoms with Gasteiger partial charge in [0.2, 0.25) is 0 Å². The van der Waals surface area contributed by atoms with Crippen LogP contribution in [0.5, 0.6) is 0 Å². The minimum Gasteiger partial charge on any atom is -0.463 e. The molecule has 1 aliphatic carbocycles. The van der Waals surface area contributed by atoms with Gasteiger partial charge in [-0.15, -0.1) is 0 Å². The van der Waals surface area contributed by atoms with E-state index < -0.39 is 30.5 Å². The summed E-state index contributed by atoms with van der Waals surface area (Å²) in [7, 11) is 0. The van der Waals surface area contributed by atoms with Crippen LogP contribution in [0.2, 0.25) is 0 Å². The van der Waals surface area contributed by atoms with E-state index in [2.05, 4.69) is 10.6 Å². The molecule has 10 nitrogen and oxygen atoms in total. The molecule has 1 atom stereocenters. The molecule has 0 unspecified atom stereocenters. The molecule has 4 rings (SSSR count). The van der Waals surface area contributed by atoms with Crippen molar-refractivity contribution in [1.29, 1.82) is 0 Å². The van der Waals surface area contributed by atoms with E-state index in [1.807, 2.05) is 12.1 Å². The summed E-state index contributed by atoms with van der Waals surface area (Å²) in [6.07, 6.45) is 2.00. The molecule has 11 heteroatoms. The molecule has 1 heterocycles. The number of carbonyl (C=O) groups is 3. The number of hydrogen-bond acceptors (Lipinski definition) is 7. The van der Waals surface area contributed by atoms with E-state index >= 15 is 0 Å². The molecular formula is C28H34FN3O7. The van der Waals surface area contributed by atoms with Crippen molar-refractivity contribution in [1.82, 2.24) is 4.90 Å². The highest BCUT2D eigenvalue weighted by Gasteiger charge is 2.29. The summed E-state index contributed by atoms with van der Waals surface area (Å²) in [4.78, 5) is 38.7. The molecule has 1 saturated carbocycles. The number of carbonyl (C=O) groups excluding carboxylic acids is 3. The van der Waals surface area contributed by atoms with Crippen molar-refractivity contribution in [2.45, 2.75) is 57.3 Å². The van der Waals surface area contributed by atoms with Gasteiger partial charge in [0.05, 0.1) is 12.3 Å². The molecular weight excluding hydrogens is 509 g/mol. The molecule has 1 aliphatic heterocycles. The maximum Gasteiger partial charge on any atom is 0.410 e. The number of nitrogens with one attached hydrogen (secondary N) is 2. The number of esters is 1. The molecule has 2 aromatic carbocycles. The molecule has 0 spiro atoms. The zero-order valence-corrected chi connectivity index (χ0v) is 21.6. The summed E-state index contributed by atoms with van der Waals surface area (Å²) in [5.74, 6) is -0.786. The number of nitrogens with zero attached hydrogens (tertiary/aromatic N) is 1. The maximum atomic E-state index is 13.8. The second-order valence-corrected chi connectivity index (χ2v) is 9.96. The Kier molecular flexibility index (Phi) is 9.72. The lowest BCUT2D eigenvalue weighted by Crippen LogP contribution is -2.39. The fourth-order valence-electron chi connectivity index (χ4n) is 4.84. The minimum atomic E-state index is -1.07. The SMILES string of the molecule is O=C(Nc1ccc2c(c1)CCN(C(=O)OC1CCC(CC(=O)OC[C@H](O)CO)CC1)C2)Nc1ccccc1F. The average Bonchev–Trinajstić information content (AvgIpc) is 2.93.